The molecule has 1 saturated heterocycles. The Morgan fingerprint density at radius 2 is 2.00 bits per heavy atom. The molecule has 0 atom stereocenters. The molecule has 5 nitrogen and oxygen atoms in total. The lowest BCUT2D eigenvalue weighted by atomic mass is 9.98. The van der Waals surface area contributed by atoms with Gasteiger partial charge < -0.3 is 15.2 Å². The lowest BCUT2D eigenvalue weighted by Crippen LogP contribution is -2.40. The summed E-state index contributed by atoms with van der Waals surface area (Å²) in [7, 11) is 2.18. The third-order valence-corrected chi connectivity index (χ3v) is 6.02. The Kier molecular flexibility index (Phi) is 4.83. The monoisotopic (exact) mass is 395 g/mol. The molecule has 4 aromatic rings. The van der Waals surface area contributed by atoms with Crippen LogP contribution in [0.15, 0.2) is 67.3 Å². The summed E-state index contributed by atoms with van der Waals surface area (Å²) >= 11 is 0. The molecule has 0 unspecified atom stereocenters. The standard InChI is InChI=1S/C25H25N5/c1-3-23(29-18-9-13-30(2)14-10-18)19-8-12-26-24-7-6-17(15-21(19)24)22-16-28-25-20(22)5-4-11-27-25/h4-8,11-12,15-16,18,29H,1,9-10,13-14H2,2H3,(H,27,28). The Hall–Kier alpha value is -3.40. The van der Waals surface area contributed by atoms with Gasteiger partial charge in [-0.15, -0.1) is 5.73 Å². The number of fused-ring (bicyclic) bond motifs is 2. The minimum Gasteiger partial charge on any atom is -0.375 e. The fourth-order valence-corrected chi connectivity index (χ4v) is 4.31. The Labute approximate surface area is 176 Å². The van der Waals surface area contributed by atoms with Gasteiger partial charge in [0.1, 0.15) is 5.65 Å². The van der Waals surface area contributed by atoms with E-state index >= 15 is 0 Å². The van der Waals surface area contributed by atoms with Gasteiger partial charge in [0.2, 0.25) is 0 Å². The Morgan fingerprint density at radius 3 is 2.83 bits per heavy atom. The molecule has 1 fully saturated rings. The predicted molar refractivity (Wildman–Crippen MR) is 123 cm³/mol. The lowest BCUT2D eigenvalue weighted by molar-refractivity contribution is 0.245. The number of hydrogen-bond acceptors (Lipinski definition) is 4. The van der Waals surface area contributed by atoms with Crippen molar-refractivity contribution in [2.75, 3.05) is 20.1 Å². The van der Waals surface area contributed by atoms with Crippen molar-refractivity contribution in [1.82, 2.24) is 25.2 Å². The highest BCUT2D eigenvalue weighted by Gasteiger charge is 2.19. The summed E-state index contributed by atoms with van der Waals surface area (Å²) in [5.41, 5.74) is 9.34. The number of rotatable bonds is 4. The zero-order valence-corrected chi connectivity index (χ0v) is 17.2. The van der Waals surface area contributed by atoms with E-state index in [1.807, 2.05) is 18.5 Å². The van der Waals surface area contributed by atoms with Gasteiger partial charge in [0.15, 0.2) is 0 Å². The smallest absolute Gasteiger partial charge is 0.137 e. The van der Waals surface area contributed by atoms with Crippen LogP contribution in [0.3, 0.4) is 0 Å². The summed E-state index contributed by atoms with van der Waals surface area (Å²) in [5.74, 6) is 0. The van der Waals surface area contributed by atoms with Crippen LogP contribution in [0.1, 0.15) is 18.4 Å². The van der Waals surface area contributed by atoms with Crippen molar-refractivity contribution in [2.45, 2.75) is 18.9 Å². The number of hydrogen-bond donors (Lipinski definition) is 2. The molecule has 5 rings (SSSR count). The number of likely N-dealkylation sites (tertiary alicyclic amines) is 1. The van der Waals surface area contributed by atoms with Crippen molar-refractivity contribution in [2.24, 2.45) is 0 Å². The van der Waals surface area contributed by atoms with Crippen molar-refractivity contribution in [3.63, 3.8) is 0 Å². The average molecular weight is 396 g/mol. The van der Waals surface area contributed by atoms with Crippen molar-refractivity contribution < 1.29 is 0 Å². The average Bonchev–Trinajstić information content (AvgIpc) is 3.22. The van der Waals surface area contributed by atoms with E-state index in [-0.39, 0.29) is 0 Å². The molecule has 5 heteroatoms. The highest BCUT2D eigenvalue weighted by atomic mass is 15.1. The second-order valence-corrected chi connectivity index (χ2v) is 7.97. The predicted octanol–water partition coefficient (Wildman–Crippen LogP) is 4.59. The first kappa shape index (κ1) is 18.6. The van der Waals surface area contributed by atoms with Crippen LogP contribution in [-0.4, -0.2) is 46.0 Å². The molecule has 4 heterocycles. The Balaban J connectivity index is 1.55. The number of benzene rings is 1. The van der Waals surface area contributed by atoms with Crippen LogP contribution >= 0.6 is 0 Å². The first-order valence-corrected chi connectivity index (χ1v) is 10.4. The third kappa shape index (κ3) is 3.39. The summed E-state index contributed by atoms with van der Waals surface area (Å²) in [4.78, 5) is 14.6. The number of piperidine rings is 1. The molecule has 30 heavy (non-hydrogen) atoms. The second kappa shape index (κ2) is 7.79. The lowest BCUT2D eigenvalue weighted by Gasteiger charge is -2.30. The van der Waals surface area contributed by atoms with Crippen LogP contribution in [0.4, 0.5) is 0 Å². The van der Waals surface area contributed by atoms with Gasteiger partial charge in [0, 0.05) is 46.5 Å². The largest absolute Gasteiger partial charge is 0.375 e. The topological polar surface area (TPSA) is 56.8 Å². The molecule has 0 radical (unpaired) electrons. The van der Waals surface area contributed by atoms with E-state index in [0.29, 0.717) is 6.04 Å². The highest BCUT2D eigenvalue weighted by molar-refractivity contribution is 5.98. The molecule has 1 aliphatic rings. The normalized spacial score (nSPS) is 15.4. The maximum absolute atomic E-state index is 4.58. The van der Waals surface area contributed by atoms with Crippen molar-refractivity contribution in [3.8, 4) is 11.1 Å². The van der Waals surface area contributed by atoms with Crippen molar-refractivity contribution >= 4 is 27.6 Å². The minimum atomic E-state index is 0.441. The maximum Gasteiger partial charge on any atom is 0.137 e. The molecule has 0 amide bonds. The second-order valence-electron chi connectivity index (χ2n) is 7.97. The SMILES string of the molecule is C=C=C(NC1CCN(C)CC1)c1ccnc2ccc(-c3c[nH]c4ncccc34)cc12. The molecule has 2 N–H and O–H groups in total. The molecule has 150 valence electrons. The number of nitrogens with zero attached hydrogens (tertiary/aromatic N) is 3. The van der Waals surface area contributed by atoms with E-state index in [1.165, 1.54) is 0 Å². The number of aromatic amines is 1. The molecule has 1 aromatic carbocycles. The Bertz CT molecular complexity index is 1260. The highest BCUT2D eigenvalue weighted by Crippen LogP contribution is 2.32. The van der Waals surface area contributed by atoms with E-state index in [2.05, 4.69) is 74.9 Å². The van der Waals surface area contributed by atoms with E-state index in [4.69, 9.17) is 0 Å². The zero-order valence-electron chi connectivity index (χ0n) is 17.2. The molecule has 0 spiro atoms. The number of pyridine rings is 2. The summed E-state index contributed by atoms with van der Waals surface area (Å²) in [5, 5.41) is 5.90. The number of H-pyrrole nitrogens is 1. The fraction of sp³-hybridized carbons (Fsp3) is 0.240. The summed E-state index contributed by atoms with van der Waals surface area (Å²) in [6.45, 7) is 6.19. The molecular weight excluding hydrogens is 370 g/mol. The quantitative estimate of drug-likeness (QED) is 0.496. The maximum atomic E-state index is 4.58. The molecule has 0 saturated carbocycles. The summed E-state index contributed by atoms with van der Waals surface area (Å²) < 4.78 is 0. The molecular formula is C25H25N5. The van der Waals surface area contributed by atoms with Crippen LogP contribution < -0.4 is 5.32 Å². The number of nitrogens with one attached hydrogen (secondary N) is 2. The summed E-state index contributed by atoms with van der Waals surface area (Å²) in [6.07, 6.45) is 7.94. The number of aromatic nitrogens is 3. The first-order valence-electron chi connectivity index (χ1n) is 10.4. The third-order valence-electron chi connectivity index (χ3n) is 6.02. The van der Waals surface area contributed by atoms with Crippen molar-refractivity contribution in [3.05, 3.63) is 72.9 Å². The van der Waals surface area contributed by atoms with Gasteiger partial charge in [0.05, 0.1) is 11.2 Å². The van der Waals surface area contributed by atoms with Gasteiger partial charge in [-0.25, -0.2) is 4.98 Å². The van der Waals surface area contributed by atoms with Gasteiger partial charge in [-0.2, -0.15) is 0 Å². The van der Waals surface area contributed by atoms with Crippen LogP contribution in [0.25, 0.3) is 38.8 Å². The van der Waals surface area contributed by atoms with Crippen molar-refractivity contribution in [1.29, 1.82) is 0 Å². The van der Waals surface area contributed by atoms with Crippen LogP contribution in [0.5, 0.6) is 0 Å². The van der Waals surface area contributed by atoms with Crippen LogP contribution in [0, 0.1) is 0 Å². The van der Waals surface area contributed by atoms with Gasteiger partial charge in [-0.05, 0) is 68.9 Å². The van der Waals surface area contributed by atoms with Gasteiger partial charge >= 0.3 is 0 Å². The van der Waals surface area contributed by atoms with Crippen LogP contribution in [-0.2, 0) is 0 Å². The van der Waals surface area contributed by atoms with Gasteiger partial charge in [-0.3, -0.25) is 4.98 Å². The minimum absolute atomic E-state index is 0.441. The Morgan fingerprint density at radius 1 is 1.13 bits per heavy atom. The first-order chi connectivity index (χ1) is 14.7. The molecule has 1 aliphatic heterocycles. The zero-order chi connectivity index (χ0) is 20.5. The van der Waals surface area contributed by atoms with E-state index in [9.17, 15) is 0 Å². The molecule has 0 aliphatic carbocycles. The van der Waals surface area contributed by atoms with Gasteiger partial charge in [0.25, 0.3) is 0 Å². The summed E-state index contributed by atoms with van der Waals surface area (Å²) in [6, 6.07) is 13.0. The van der Waals surface area contributed by atoms with E-state index in [1.54, 1.807) is 6.20 Å². The molecule has 0 bridgehead atoms. The van der Waals surface area contributed by atoms with E-state index < -0.39 is 0 Å². The van der Waals surface area contributed by atoms with Gasteiger partial charge in [-0.1, -0.05) is 12.6 Å². The fourth-order valence-electron chi connectivity index (χ4n) is 4.31. The molecule has 3 aromatic heterocycles. The van der Waals surface area contributed by atoms with Crippen LogP contribution in [0.2, 0.25) is 0 Å². The van der Waals surface area contributed by atoms with E-state index in [0.717, 1.165) is 70.3 Å².